The van der Waals surface area contributed by atoms with Crippen LogP contribution < -0.4 is 10.1 Å². The zero-order chi connectivity index (χ0) is 25.0. The normalized spacial score (nSPS) is 21.2. The molecule has 3 aromatic rings. The molecule has 2 fully saturated rings. The second-order valence-corrected chi connectivity index (χ2v) is 9.59. The van der Waals surface area contributed by atoms with Crippen molar-refractivity contribution in [1.29, 1.82) is 0 Å². The van der Waals surface area contributed by atoms with E-state index in [2.05, 4.69) is 10.3 Å². The van der Waals surface area contributed by atoms with Crippen LogP contribution in [0.4, 0.5) is 23.7 Å². The van der Waals surface area contributed by atoms with E-state index in [1.54, 1.807) is 13.1 Å². The van der Waals surface area contributed by atoms with E-state index < -0.39 is 23.2 Å². The molecular formula is C25H24F3N3O4. The van der Waals surface area contributed by atoms with Crippen molar-refractivity contribution in [2.75, 3.05) is 18.4 Å². The van der Waals surface area contributed by atoms with Crippen molar-refractivity contribution in [3.05, 3.63) is 59.8 Å². The summed E-state index contributed by atoms with van der Waals surface area (Å²) >= 11 is 0. The zero-order valence-corrected chi connectivity index (χ0v) is 18.9. The van der Waals surface area contributed by atoms with E-state index in [1.165, 1.54) is 17.0 Å². The van der Waals surface area contributed by atoms with Gasteiger partial charge in [-0.15, -0.1) is 0 Å². The first kappa shape index (κ1) is 23.1. The van der Waals surface area contributed by atoms with Gasteiger partial charge in [0.2, 0.25) is 5.91 Å². The summed E-state index contributed by atoms with van der Waals surface area (Å²) in [6.07, 6.45) is -2.33. The number of aromatic amines is 1. The Balaban J connectivity index is 1.20. The number of nitrogens with one attached hydrogen (secondary N) is 2. The number of hydrogen-bond donors (Lipinski definition) is 3. The van der Waals surface area contributed by atoms with Gasteiger partial charge in [-0.1, -0.05) is 12.1 Å². The van der Waals surface area contributed by atoms with Crippen LogP contribution in [0.3, 0.4) is 0 Å². The zero-order valence-electron chi connectivity index (χ0n) is 18.9. The van der Waals surface area contributed by atoms with Crippen LogP contribution in [-0.2, 0) is 11.0 Å². The van der Waals surface area contributed by atoms with Crippen molar-refractivity contribution in [2.24, 2.45) is 5.41 Å². The monoisotopic (exact) mass is 487 g/mol. The summed E-state index contributed by atoms with van der Waals surface area (Å²) in [6.45, 7) is 2.02. The predicted molar refractivity (Wildman–Crippen MR) is 122 cm³/mol. The number of aromatic nitrogens is 1. The van der Waals surface area contributed by atoms with Gasteiger partial charge in [-0.3, -0.25) is 4.79 Å². The van der Waals surface area contributed by atoms with Crippen molar-refractivity contribution in [1.82, 2.24) is 9.88 Å². The minimum Gasteiger partial charge on any atom is -0.490 e. The van der Waals surface area contributed by atoms with Crippen LogP contribution in [0.2, 0.25) is 0 Å². The number of benzene rings is 2. The molecule has 0 atom stereocenters. The van der Waals surface area contributed by atoms with Crippen LogP contribution in [-0.4, -0.2) is 46.2 Å². The Bertz CT molecular complexity index is 1270. The van der Waals surface area contributed by atoms with Crippen molar-refractivity contribution < 1.29 is 32.6 Å². The highest BCUT2D eigenvalue weighted by Gasteiger charge is 2.47. The number of carbonyl (C=O) groups excluding carboxylic acids is 1. The number of carboxylic acid groups (broad SMARTS) is 1. The fraction of sp³-hybridized carbons (Fsp3) is 0.360. The van der Waals surface area contributed by atoms with Gasteiger partial charge < -0.3 is 25.0 Å². The summed E-state index contributed by atoms with van der Waals surface area (Å²) < 4.78 is 44.4. The number of H-pyrrole nitrogens is 1. The third-order valence-corrected chi connectivity index (χ3v) is 6.91. The fourth-order valence-corrected chi connectivity index (χ4v) is 4.70. The topological polar surface area (TPSA) is 94.7 Å². The first-order valence-electron chi connectivity index (χ1n) is 11.3. The van der Waals surface area contributed by atoms with Crippen LogP contribution in [0.1, 0.15) is 36.8 Å². The summed E-state index contributed by atoms with van der Waals surface area (Å²) in [5.74, 6) is 0.540. The van der Waals surface area contributed by atoms with Crippen LogP contribution in [0, 0.1) is 5.41 Å². The Morgan fingerprint density at radius 3 is 2.46 bits per heavy atom. The number of rotatable bonds is 5. The average molecular weight is 487 g/mol. The molecule has 3 N–H and O–H groups in total. The third kappa shape index (κ3) is 4.40. The van der Waals surface area contributed by atoms with Crippen molar-refractivity contribution >= 4 is 28.6 Å². The van der Waals surface area contributed by atoms with Crippen molar-refractivity contribution in [3.63, 3.8) is 0 Å². The Morgan fingerprint density at radius 1 is 1.14 bits per heavy atom. The van der Waals surface area contributed by atoms with E-state index in [0.29, 0.717) is 24.3 Å². The molecule has 1 aliphatic carbocycles. The third-order valence-electron chi connectivity index (χ3n) is 6.91. The minimum absolute atomic E-state index is 0.0485. The van der Waals surface area contributed by atoms with Gasteiger partial charge >= 0.3 is 12.3 Å². The highest BCUT2D eigenvalue weighted by atomic mass is 19.4. The minimum atomic E-state index is -4.34. The molecule has 1 aromatic heterocycles. The van der Waals surface area contributed by atoms with Gasteiger partial charge in [-0.25, -0.2) is 4.79 Å². The molecule has 0 unspecified atom stereocenters. The molecule has 184 valence electrons. The second-order valence-electron chi connectivity index (χ2n) is 9.59. The molecule has 0 radical (unpaired) electrons. The van der Waals surface area contributed by atoms with Crippen LogP contribution in [0.15, 0.2) is 48.7 Å². The Labute approximate surface area is 198 Å². The molecule has 1 aliphatic heterocycles. The fourth-order valence-electron chi connectivity index (χ4n) is 4.70. The molecule has 0 bridgehead atoms. The number of alkyl halides is 3. The Hall–Kier alpha value is -3.69. The quantitative estimate of drug-likeness (QED) is 0.446. The first-order chi connectivity index (χ1) is 16.5. The lowest BCUT2D eigenvalue weighted by molar-refractivity contribution is -0.137. The van der Waals surface area contributed by atoms with E-state index in [1.807, 2.05) is 18.2 Å². The summed E-state index contributed by atoms with van der Waals surface area (Å²) in [6, 6.07) is 10.8. The molecule has 2 aromatic carbocycles. The highest BCUT2D eigenvalue weighted by Crippen LogP contribution is 2.41. The SMILES string of the molecule is CC1(C(=O)Nc2c[nH]c3ccc(O[C@H]4C[C@H](c5ccc(C(F)(F)F)cc5)C4)cc23)CN(C(=O)O)C1. The molecule has 2 heterocycles. The molecule has 35 heavy (non-hydrogen) atoms. The summed E-state index contributed by atoms with van der Waals surface area (Å²) in [5.41, 5.74) is 0.836. The predicted octanol–water partition coefficient (Wildman–Crippen LogP) is 5.45. The maximum absolute atomic E-state index is 12.8. The van der Waals surface area contributed by atoms with E-state index in [4.69, 9.17) is 9.84 Å². The summed E-state index contributed by atoms with van der Waals surface area (Å²) in [4.78, 5) is 28.1. The van der Waals surface area contributed by atoms with E-state index in [-0.39, 0.29) is 31.0 Å². The molecular weight excluding hydrogens is 463 g/mol. The van der Waals surface area contributed by atoms with Crippen LogP contribution in [0.25, 0.3) is 10.9 Å². The number of anilines is 1. The molecule has 2 aliphatic rings. The largest absolute Gasteiger partial charge is 0.490 e. The highest BCUT2D eigenvalue weighted by molar-refractivity contribution is 6.04. The van der Waals surface area contributed by atoms with Gasteiger partial charge in [0, 0.05) is 30.2 Å². The molecule has 0 spiro atoms. The molecule has 1 saturated carbocycles. The lowest BCUT2D eigenvalue weighted by atomic mass is 9.77. The van der Waals surface area contributed by atoms with E-state index >= 15 is 0 Å². The van der Waals surface area contributed by atoms with Crippen LogP contribution in [0.5, 0.6) is 5.75 Å². The van der Waals surface area contributed by atoms with Gasteiger partial charge in [-0.05, 0) is 61.6 Å². The molecule has 7 nitrogen and oxygen atoms in total. The number of likely N-dealkylation sites (tertiary alicyclic amines) is 1. The Kier molecular flexibility index (Phi) is 5.41. The molecule has 2 amide bonds. The number of ether oxygens (including phenoxy) is 1. The van der Waals surface area contributed by atoms with Crippen molar-refractivity contribution in [2.45, 2.75) is 38.0 Å². The Morgan fingerprint density at radius 2 is 1.83 bits per heavy atom. The number of nitrogens with zero attached hydrogens (tertiary/aromatic N) is 1. The van der Waals surface area contributed by atoms with Gasteiger partial charge in [0.05, 0.1) is 22.8 Å². The first-order valence-corrected chi connectivity index (χ1v) is 11.3. The second kappa shape index (κ2) is 8.21. The van der Waals surface area contributed by atoms with E-state index in [0.717, 1.165) is 28.6 Å². The van der Waals surface area contributed by atoms with Gasteiger partial charge in [-0.2, -0.15) is 13.2 Å². The number of hydrogen-bond acceptors (Lipinski definition) is 3. The molecule has 1 saturated heterocycles. The number of fused-ring (bicyclic) bond motifs is 1. The maximum Gasteiger partial charge on any atom is 0.416 e. The van der Waals surface area contributed by atoms with Crippen molar-refractivity contribution in [3.8, 4) is 5.75 Å². The summed E-state index contributed by atoms with van der Waals surface area (Å²) in [5, 5.41) is 12.7. The van der Waals surface area contributed by atoms with Gasteiger partial charge in [0.15, 0.2) is 0 Å². The standard InChI is InChI=1S/C25H24F3N3O4/c1-24(12-31(13-24)23(33)34)22(32)30-21-11-29-20-7-6-17(10-19(20)21)35-18-8-15(9-18)14-2-4-16(5-3-14)25(26,27)28/h2-7,10-11,15,18,29H,8-9,12-13H2,1H3,(H,30,32)(H,33,34)/t15-,18-. The van der Waals surface area contributed by atoms with Crippen LogP contribution >= 0.6 is 0 Å². The van der Waals surface area contributed by atoms with Gasteiger partial charge in [0.25, 0.3) is 0 Å². The number of amides is 2. The summed E-state index contributed by atoms with van der Waals surface area (Å²) in [7, 11) is 0. The average Bonchev–Trinajstić information content (AvgIpc) is 3.15. The maximum atomic E-state index is 12.8. The number of halogens is 3. The molecule has 5 rings (SSSR count). The molecule has 10 heteroatoms. The van der Waals surface area contributed by atoms with E-state index in [9.17, 15) is 22.8 Å². The smallest absolute Gasteiger partial charge is 0.416 e. The lowest BCUT2D eigenvalue weighted by Gasteiger charge is -2.44. The van der Waals surface area contributed by atoms with Gasteiger partial charge in [0.1, 0.15) is 5.75 Å². The lowest BCUT2D eigenvalue weighted by Crippen LogP contribution is -2.61. The number of carbonyl (C=O) groups is 2.